The van der Waals surface area contributed by atoms with Gasteiger partial charge in [-0.15, -0.1) is 0 Å². The quantitative estimate of drug-likeness (QED) is 0.229. The lowest BCUT2D eigenvalue weighted by molar-refractivity contribution is -0.139. The minimum absolute atomic E-state index is 0.00889. The lowest BCUT2D eigenvalue weighted by Gasteiger charge is -2.23. The first-order valence-electron chi connectivity index (χ1n) is 12.1. The molecule has 1 atom stereocenters. The van der Waals surface area contributed by atoms with Crippen LogP contribution in [0.1, 0.15) is 13.8 Å². The summed E-state index contributed by atoms with van der Waals surface area (Å²) in [6.07, 6.45) is 1.87. The summed E-state index contributed by atoms with van der Waals surface area (Å²) in [5.74, 6) is -1.03. The number of nitrogens with zero attached hydrogens (tertiary/aromatic N) is 3. The molecule has 0 saturated heterocycles. The van der Waals surface area contributed by atoms with Crippen molar-refractivity contribution in [2.24, 2.45) is 5.92 Å². The molecule has 0 aliphatic heterocycles. The third-order valence-corrected chi connectivity index (χ3v) is 7.41. The molecule has 0 saturated carbocycles. The van der Waals surface area contributed by atoms with E-state index in [1.165, 1.54) is 12.4 Å². The van der Waals surface area contributed by atoms with Crippen LogP contribution in [0.5, 0.6) is 5.75 Å². The van der Waals surface area contributed by atoms with Crippen LogP contribution < -0.4 is 10.6 Å². The number of aromatic nitrogens is 3. The highest BCUT2D eigenvalue weighted by atomic mass is 28.3. The molecule has 3 aromatic rings. The zero-order chi connectivity index (χ0) is 27.4. The Bertz CT molecular complexity index is 1220. The second kappa shape index (κ2) is 11.5. The van der Waals surface area contributed by atoms with Gasteiger partial charge in [-0.3, -0.25) is 9.78 Å². The van der Waals surface area contributed by atoms with Gasteiger partial charge in [0.05, 0.1) is 11.9 Å². The Morgan fingerprint density at radius 1 is 1.19 bits per heavy atom. The van der Waals surface area contributed by atoms with Crippen LogP contribution in [0.4, 0.5) is 18.9 Å². The molecule has 3 aromatic heterocycles. The molecule has 1 amide bonds. The van der Waals surface area contributed by atoms with Gasteiger partial charge in [0.25, 0.3) is 0 Å². The maximum atomic E-state index is 12.6. The van der Waals surface area contributed by atoms with Gasteiger partial charge >= 0.3 is 6.18 Å². The number of aromatic hydroxyl groups is 1. The van der Waals surface area contributed by atoms with Crippen molar-refractivity contribution in [1.29, 1.82) is 0 Å². The summed E-state index contributed by atoms with van der Waals surface area (Å²) >= 11 is 0. The van der Waals surface area contributed by atoms with Gasteiger partial charge in [0, 0.05) is 49.8 Å². The van der Waals surface area contributed by atoms with Gasteiger partial charge in [-0.05, 0) is 24.1 Å². The first-order chi connectivity index (χ1) is 17.2. The van der Waals surface area contributed by atoms with Crippen LogP contribution in [0.25, 0.3) is 22.2 Å². The van der Waals surface area contributed by atoms with Gasteiger partial charge in [-0.1, -0.05) is 33.5 Å². The molecule has 0 fully saturated rings. The lowest BCUT2D eigenvalue weighted by atomic mass is 10.0. The molecule has 0 bridgehead atoms. The zero-order valence-electron chi connectivity index (χ0n) is 21.7. The monoisotopic (exact) mass is 537 g/mol. The summed E-state index contributed by atoms with van der Waals surface area (Å²) in [5, 5.41) is 15.7. The molecule has 3 N–H and O–H groups in total. The van der Waals surface area contributed by atoms with Gasteiger partial charge < -0.3 is 25.0 Å². The van der Waals surface area contributed by atoms with Crippen molar-refractivity contribution in [3.63, 3.8) is 0 Å². The van der Waals surface area contributed by atoms with Crippen LogP contribution in [0.3, 0.4) is 0 Å². The number of ether oxygens (including phenoxy) is 1. The molecular weight excluding hydrogens is 503 g/mol. The van der Waals surface area contributed by atoms with Crippen molar-refractivity contribution in [2.45, 2.75) is 58.5 Å². The number of rotatable bonds is 11. The minimum atomic E-state index is -4.50. The number of carbonyl (C=O) groups excluding carboxylic acids is 1. The number of alkyl halides is 3. The molecule has 0 aromatic carbocycles. The summed E-state index contributed by atoms with van der Waals surface area (Å²) in [4.78, 5) is 21.1. The van der Waals surface area contributed by atoms with Crippen molar-refractivity contribution in [2.75, 3.05) is 18.5 Å². The van der Waals surface area contributed by atoms with E-state index >= 15 is 0 Å². The summed E-state index contributed by atoms with van der Waals surface area (Å²) < 4.78 is 45.5. The van der Waals surface area contributed by atoms with Crippen LogP contribution in [0.15, 0.2) is 36.9 Å². The molecule has 202 valence electrons. The van der Waals surface area contributed by atoms with Gasteiger partial charge in [0.1, 0.15) is 30.7 Å². The SMILES string of the molecule is CC(C)C(Nc1cncc(-c2cn(COCC[Si](C)(C)C)c3ncc(O)cc23)c1)C(=O)NCC(F)(F)F. The molecule has 0 aliphatic rings. The molecule has 0 spiro atoms. The fourth-order valence-electron chi connectivity index (χ4n) is 3.71. The van der Waals surface area contributed by atoms with Crippen molar-refractivity contribution in [3.8, 4) is 16.9 Å². The maximum absolute atomic E-state index is 12.6. The van der Waals surface area contributed by atoms with Crippen molar-refractivity contribution >= 4 is 30.7 Å². The molecule has 37 heavy (non-hydrogen) atoms. The molecule has 12 heteroatoms. The first-order valence-corrected chi connectivity index (χ1v) is 15.8. The number of nitrogens with one attached hydrogen (secondary N) is 2. The summed E-state index contributed by atoms with van der Waals surface area (Å²) in [6, 6.07) is 3.50. The average Bonchev–Trinajstić information content (AvgIpc) is 3.15. The fourth-order valence-corrected chi connectivity index (χ4v) is 4.46. The smallest absolute Gasteiger partial charge is 0.405 e. The zero-order valence-corrected chi connectivity index (χ0v) is 22.7. The van der Waals surface area contributed by atoms with Gasteiger partial charge in [-0.2, -0.15) is 13.2 Å². The average molecular weight is 538 g/mol. The summed E-state index contributed by atoms with van der Waals surface area (Å²) in [7, 11) is -1.24. The van der Waals surface area contributed by atoms with E-state index in [0.29, 0.717) is 35.6 Å². The van der Waals surface area contributed by atoms with Gasteiger partial charge in [-0.25, -0.2) is 4.98 Å². The highest BCUT2D eigenvalue weighted by Crippen LogP contribution is 2.33. The predicted octanol–water partition coefficient (Wildman–Crippen LogP) is 5.23. The summed E-state index contributed by atoms with van der Waals surface area (Å²) in [6.45, 7) is 9.85. The molecule has 3 heterocycles. The Morgan fingerprint density at radius 3 is 2.57 bits per heavy atom. The second-order valence-electron chi connectivity index (χ2n) is 10.6. The highest BCUT2D eigenvalue weighted by molar-refractivity contribution is 6.76. The second-order valence-corrected chi connectivity index (χ2v) is 16.2. The van der Waals surface area contributed by atoms with Crippen LogP contribution in [-0.4, -0.2) is 59.0 Å². The minimum Gasteiger partial charge on any atom is -0.506 e. The maximum Gasteiger partial charge on any atom is 0.405 e. The molecule has 8 nitrogen and oxygen atoms in total. The van der Waals surface area contributed by atoms with Crippen LogP contribution in [0, 0.1) is 5.92 Å². The Balaban J connectivity index is 1.86. The Labute approximate surface area is 215 Å². The first kappa shape index (κ1) is 28.4. The van der Waals surface area contributed by atoms with Gasteiger partial charge in [0.15, 0.2) is 0 Å². The number of carbonyl (C=O) groups is 1. The van der Waals surface area contributed by atoms with Crippen molar-refractivity contribution < 1.29 is 27.8 Å². The van der Waals surface area contributed by atoms with Crippen molar-refractivity contribution in [1.82, 2.24) is 19.9 Å². The normalized spacial score (nSPS) is 13.2. The van der Waals surface area contributed by atoms with E-state index in [9.17, 15) is 23.1 Å². The Morgan fingerprint density at radius 2 is 1.92 bits per heavy atom. The Kier molecular flexibility index (Phi) is 8.85. The number of amides is 1. The third-order valence-electron chi connectivity index (χ3n) is 5.71. The number of halogens is 3. The molecule has 1 unspecified atom stereocenters. The number of hydrogen-bond donors (Lipinski definition) is 3. The Hall–Kier alpha value is -3.12. The lowest BCUT2D eigenvalue weighted by Crippen LogP contribution is -2.46. The van der Waals surface area contributed by atoms with E-state index in [0.717, 1.165) is 11.6 Å². The largest absolute Gasteiger partial charge is 0.506 e. The van der Waals surface area contributed by atoms with E-state index < -0.39 is 32.7 Å². The fraction of sp³-hybridized carbons (Fsp3) is 0.480. The van der Waals surface area contributed by atoms with Gasteiger partial charge in [0.2, 0.25) is 5.91 Å². The number of pyridine rings is 2. The highest BCUT2D eigenvalue weighted by Gasteiger charge is 2.30. The van der Waals surface area contributed by atoms with E-state index in [1.807, 2.05) is 16.1 Å². The number of hydrogen-bond acceptors (Lipinski definition) is 6. The number of fused-ring (bicyclic) bond motifs is 1. The molecule has 0 radical (unpaired) electrons. The van der Waals surface area contributed by atoms with Crippen LogP contribution in [0.2, 0.25) is 25.7 Å². The van der Waals surface area contributed by atoms with E-state index in [2.05, 4.69) is 34.9 Å². The van der Waals surface area contributed by atoms with Crippen LogP contribution >= 0.6 is 0 Å². The van der Waals surface area contributed by atoms with E-state index in [4.69, 9.17) is 4.74 Å². The standard InChI is InChI=1S/C25H34F3N5O3Si/c1-16(2)22(24(35)31-14-25(26,27)28)32-18-8-17(10-29-11-18)21-13-33(15-36-6-7-37(3,4)5)23-20(21)9-19(34)12-30-23/h8-13,16,22,32,34H,6-7,14-15H2,1-5H3,(H,31,35). The molecule has 3 rings (SSSR count). The van der Waals surface area contributed by atoms with Crippen molar-refractivity contribution in [3.05, 3.63) is 36.9 Å². The predicted molar refractivity (Wildman–Crippen MR) is 140 cm³/mol. The molecule has 0 aliphatic carbocycles. The van der Waals surface area contributed by atoms with E-state index in [1.54, 1.807) is 32.2 Å². The van der Waals surface area contributed by atoms with E-state index in [-0.39, 0.29) is 11.7 Å². The molecular formula is C25H34F3N5O3Si. The summed E-state index contributed by atoms with van der Waals surface area (Å²) in [5.41, 5.74) is 2.52. The third kappa shape index (κ3) is 8.19. The van der Waals surface area contributed by atoms with Crippen LogP contribution in [-0.2, 0) is 16.3 Å². The number of anilines is 1. The topological polar surface area (TPSA) is 101 Å².